The van der Waals surface area contributed by atoms with Crippen LogP contribution >= 0.6 is 0 Å². The highest BCUT2D eigenvalue weighted by atomic mass is 16.2. The van der Waals surface area contributed by atoms with Gasteiger partial charge in [0.05, 0.1) is 0 Å². The molecule has 0 aliphatic rings. The molecule has 0 bridgehead atoms. The first kappa shape index (κ1) is 13.8. The van der Waals surface area contributed by atoms with Crippen LogP contribution < -0.4 is 11.2 Å². The first-order valence-corrected chi connectivity index (χ1v) is 6.41. The van der Waals surface area contributed by atoms with Crippen molar-refractivity contribution in [1.29, 1.82) is 0 Å². The van der Waals surface area contributed by atoms with Crippen LogP contribution in [0.15, 0.2) is 39.9 Å². The van der Waals surface area contributed by atoms with Crippen LogP contribution in [0.5, 0.6) is 0 Å². The lowest BCUT2D eigenvalue weighted by atomic mass is 10.1. The number of rotatable bonds is 2. The Hall–Kier alpha value is -3.16. The summed E-state index contributed by atoms with van der Waals surface area (Å²) in [6, 6.07) is 8.44. The van der Waals surface area contributed by atoms with Crippen LogP contribution in [0, 0.1) is 0 Å². The lowest BCUT2D eigenvalue weighted by Gasteiger charge is -2.06. The van der Waals surface area contributed by atoms with Crippen molar-refractivity contribution in [3.63, 3.8) is 0 Å². The van der Waals surface area contributed by atoms with Crippen molar-refractivity contribution < 1.29 is 4.79 Å². The maximum atomic E-state index is 12.3. The quantitative estimate of drug-likeness (QED) is 0.600. The molecular formula is C14H11N5O3. The molecule has 0 spiro atoms. The third-order valence-electron chi connectivity index (χ3n) is 3.31. The SMILES string of the molecule is Cn1c(=O)c2nc(C(=O)c3ccccc3)nnc2n(C)c1=O. The van der Waals surface area contributed by atoms with Crippen molar-refractivity contribution in [2.24, 2.45) is 14.1 Å². The third-order valence-corrected chi connectivity index (χ3v) is 3.31. The van der Waals surface area contributed by atoms with Gasteiger partial charge in [0.15, 0.2) is 11.2 Å². The first-order valence-electron chi connectivity index (χ1n) is 6.41. The zero-order valence-corrected chi connectivity index (χ0v) is 11.8. The molecule has 0 fully saturated rings. The fourth-order valence-corrected chi connectivity index (χ4v) is 2.07. The van der Waals surface area contributed by atoms with Gasteiger partial charge >= 0.3 is 5.69 Å². The molecule has 0 saturated heterocycles. The second-order valence-corrected chi connectivity index (χ2v) is 4.71. The van der Waals surface area contributed by atoms with Crippen molar-refractivity contribution in [1.82, 2.24) is 24.3 Å². The molecule has 2 aromatic heterocycles. The Bertz CT molecular complexity index is 1000. The number of carbonyl (C=O) groups is 1. The molecule has 110 valence electrons. The summed E-state index contributed by atoms with van der Waals surface area (Å²) in [4.78, 5) is 40.2. The summed E-state index contributed by atoms with van der Waals surface area (Å²) in [5.41, 5.74) is -0.785. The predicted molar refractivity (Wildman–Crippen MR) is 77.7 cm³/mol. The largest absolute Gasteiger partial charge is 0.332 e. The normalized spacial score (nSPS) is 10.8. The van der Waals surface area contributed by atoms with Gasteiger partial charge in [0.25, 0.3) is 5.56 Å². The van der Waals surface area contributed by atoms with Crippen molar-refractivity contribution >= 4 is 16.9 Å². The lowest BCUT2D eigenvalue weighted by Crippen LogP contribution is -2.38. The molecule has 0 N–H and O–H groups in total. The second kappa shape index (κ2) is 4.99. The van der Waals surface area contributed by atoms with Crippen LogP contribution in [0.25, 0.3) is 11.2 Å². The van der Waals surface area contributed by atoms with Gasteiger partial charge in [-0.15, -0.1) is 10.2 Å². The van der Waals surface area contributed by atoms with Crippen molar-refractivity contribution in [2.75, 3.05) is 0 Å². The van der Waals surface area contributed by atoms with E-state index in [-0.39, 0.29) is 17.0 Å². The van der Waals surface area contributed by atoms with Crippen molar-refractivity contribution in [3.8, 4) is 0 Å². The molecule has 0 aliphatic heterocycles. The number of nitrogens with zero attached hydrogens (tertiary/aromatic N) is 5. The summed E-state index contributed by atoms with van der Waals surface area (Å²) in [5, 5.41) is 7.54. The fraction of sp³-hybridized carbons (Fsp3) is 0.143. The van der Waals surface area contributed by atoms with Gasteiger partial charge in [-0.3, -0.25) is 18.7 Å². The van der Waals surface area contributed by atoms with E-state index in [4.69, 9.17) is 0 Å². The summed E-state index contributed by atoms with van der Waals surface area (Å²) in [5.74, 6) is -0.625. The first-order chi connectivity index (χ1) is 10.5. The Kier molecular flexibility index (Phi) is 3.13. The highest BCUT2D eigenvalue weighted by Gasteiger charge is 2.17. The zero-order chi connectivity index (χ0) is 15.9. The van der Waals surface area contributed by atoms with Gasteiger partial charge in [-0.05, 0) is 0 Å². The van der Waals surface area contributed by atoms with Crippen LogP contribution in [0.1, 0.15) is 16.2 Å². The van der Waals surface area contributed by atoms with Crippen molar-refractivity contribution in [2.45, 2.75) is 0 Å². The number of ketones is 1. The minimum atomic E-state index is -0.616. The van der Waals surface area contributed by atoms with Crippen LogP contribution in [0.2, 0.25) is 0 Å². The van der Waals surface area contributed by atoms with Gasteiger partial charge < -0.3 is 0 Å². The summed E-state index contributed by atoms with van der Waals surface area (Å²) in [6.45, 7) is 0. The van der Waals surface area contributed by atoms with Gasteiger partial charge in [0, 0.05) is 19.7 Å². The van der Waals surface area contributed by atoms with Gasteiger partial charge in [0.2, 0.25) is 11.6 Å². The molecule has 2 heterocycles. The third kappa shape index (κ3) is 2.01. The van der Waals surface area contributed by atoms with E-state index in [1.54, 1.807) is 30.3 Å². The molecule has 3 aromatic rings. The maximum Gasteiger partial charge on any atom is 0.332 e. The van der Waals surface area contributed by atoms with E-state index in [2.05, 4.69) is 15.2 Å². The summed E-state index contributed by atoms with van der Waals surface area (Å²) < 4.78 is 2.07. The lowest BCUT2D eigenvalue weighted by molar-refractivity contribution is 0.102. The number of aromatic nitrogens is 5. The monoisotopic (exact) mass is 297 g/mol. The molecule has 3 rings (SSSR count). The highest BCUT2D eigenvalue weighted by molar-refractivity contribution is 6.06. The Morgan fingerprint density at radius 1 is 1.00 bits per heavy atom. The molecule has 22 heavy (non-hydrogen) atoms. The molecule has 0 atom stereocenters. The molecule has 0 amide bonds. The number of hydrogen-bond donors (Lipinski definition) is 0. The summed E-state index contributed by atoms with van der Waals surface area (Å²) in [7, 11) is 2.80. The smallest absolute Gasteiger partial charge is 0.285 e. The Balaban J connectivity index is 2.25. The zero-order valence-electron chi connectivity index (χ0n) is 11.8. The van der Waals surface area contributed by atoms with E-state index in [1.165, 1.54) is 14.1 Å². The standard InChI is InChI=1S/C14H11N5O3/c1-18-12-9(13(21)19(2)14(18)22)15-11(16-17-12)10(20)8-6-4-3-5-7-8/h3-7H,1-2H3. The Morgan fingerprint density at radius 2 is 1.68 bits per heavy atom. The van der Waals surface area contributed by atoms with E-state index >= 15 is 0 Å². The summed E-state index contributed by atoms with van der Waals surface area (Å²) in [6.07, 6.45) is 0. The number of carbonyl (C=O) groups excluding carboxylic acids is 1. The molecule has 1 aromatic carbocycles. The molecule has 0 radical (unpaired) electrons. The van der Waals surface area contributed by atoms with Crippen LogP contribution in [0.3, 0.4) is 0 Å². The number of hydrogen-bond acceptors (Lipinski definition) is 6. The average Bonchev–Trinajstić information content (AvgIpc) is 2.57. The second-order valence-electron chi connectivity index (χ2n) is 4.71. The van der Waals surface area contributed by atoms with Gasteiger partial charge in [-0.1, -0.05) is 30.3 Å². The Labute approximate surface area is 123 Å². The Morgan fingerprint density at radius 3 is 2.36 bits per heavy atom. The molecule has 0 aliphatic carbocycles. The van der Waals surface area contributed by atoms with Crippen LogP contribution in [0.4, 0.5) is 0 Å². The number of aryl methyl sites for hydroxylation is 1. The van der Waals surface area contributed by atoms with E-state index in [1.807, 2.05) is 0 Å². The molecule has 0 saturated carbocycles. The van der Waals surface area contributed by atoms with E-state index in [0.29, 0.717) is 5.56 Å². The van der Waals surface area contributed by atoms with Gasteiger partial charge in [-0.25, -0.2) is 9.78 Å². The number of fused-ring (bicyclic) bond motifs is 1. The molecule has 8 nitrogen and oxygen atoms in total. The highest BCUT2D eigenvalue weighted by Crippen LogP contribution is 2.06. The summed E-state index contributed by atoms with van der Waals surface area (Å²) >= 11 is 0. The molecule has 0 unspecified atom stereocenters. The number of benzene rings is 1. The topological polar surface area (TPSA) is 99.7 Å². The van der Waals surface area contributed by atoms with E-state index in [0.717, 1.165) is 9.13 Å². The molecule has 8 heteroatoms. The van der Waals surface area contributed by atoms with E-state index < -0.39 is 17.0 Å². The van der Waals surface area contributed by atoms with Crippen molar-refractivity contribution in [3.05, 3.63) is 62.6 Å². The minimum Gasteiger partial charge on any atom is -0.285 e. The molecular weight excluding hydrogens is 286 g/mol. The van der Waals surface area contributed by atoms with Gasteiger partial charge in [0.1, 0.15) is 0 Å². The van der Waals surface area contributed by atoms with E-state index in [9.17, 15) is 14.4 Å². The fourth-order valence-electron chi connectivity index (χ4n) is 2.07. The van der Waals surface area contributed by atoms with Gasteiger partial charge in [-0.2, -0.15) is 0 Å². The van der Waals surface area contributed by atoms with Crippen LogP contribution in [-0.4, -0.2) is 30.1 Å². The predicted octanol–water partition coefficient (Wildman–Crippen LogP) is -0.347. The minimum absolute atomic E-state index is 0.0395. The average molecular weight is 297 g/mol. The maximum absolute atomic E-state index is 12.3. The van der Waals surface area contributed by atoms with Crippen LogP contribution in [-0.2, 0) is 14.1 Å².